The van der Waals surface area contributed by atoms with Gasteiger partial charge in [-0.15, -0.1) is 10.2 Å². The van der Waals surface area contributed by atoms with Gasteiger partial charge in [0.1, 0.15) is 5.01 Å². The van der Waals surface area contributed by atoms with Crippen LogP contribution in [0.4, 0.5) is 13.2 Å². The molecule has 2 aromatic rings. The van der Waals surface area contributed by atoms with Crippen molar-refractivity contribution in [2.24, 2.45) is 5.73 Å². The van der Waals surface area contributed by atoms with Crippen LogP contribution in [0.15, 0.2) is 0 Å². The van der Waals surface area contributed by atoms with Crippen molar-refractivity contribution in [3.63, 3.8) is 0 Å². The van der Waals surface area contributed by atoms with Crippen LogP contribution >= 0.6 is 11.3 Å². The Bertz CT molecular complexity index is 590. The monoisotopic (exact) mass is 291 g/mol. The molecule has 2 heterocycles. The van der Waals surface area contributed by atoms with Crippen molar-refractivity contribution in [3.05, 3.63) is 10.8 Å². The average Bonchev–Trinajstić information content (AvgIpc) is 2.85. The van der Waals surface area contributed by atoms with Gasteiger partial charge in [-0.3, -0.25) is 0 Å². The molecule has 1 aliphatic rings. The van der Waals surface area contributed by atoms with E-state index in [0.717, 1.165) is 30.2 Å². The number of aromatic nitrogens is 4. The molecule has 2 aromatic heterocycles. The number of nitrogens with two attached hydrogens (primary N) is 1. The second kappa shape index (κ2) is 4.41. The minimum atomic E-state index is -4.53. The molecule has 0 aliphatic heterocycles. The third-order valence-electron chi connectivity index (χ3n) is 3.32. The SMILES string of the molecule is NC1CCCC(c2nn3c(C(F)(F)F)nnc3s2)C1. The highest BCUT2D eigenvalue weighted by Crippen LogP contribution is 2.36. The second-order valence-corrected chi connectivity index (χ2v) is 5.77. The van der Waals surface area contributed by atoms with Crippen molar-refractivity contribution in [2.45, 2.75) is 43.8 Å². The molecule has 9 heteroatoms. The molecule has 104 valence electrons. The van der Waals surface area contributed by atoms with Gasteiger partial charge in [-0.05, 0) is 19.3 Å². The van der Waals surface area contributed by atoms with Crippen LogP contribution in [0.25, 0.3) is 4.96 Å². The van der Waals surface area contributed by atoms with Gasteiger partial charge in [-0.1, -0.05) is 17.8 Å². The van der Waals surface area contributed by atoms with Gasteiger partial charge in [-0.25, -0.2) is 0 Å². The average molecular weight is 291 g/mol. The predicted molar refractivity (Wildman–Crippen MR) is 62.8 cm³/mol. The fraction of sp³-hybridized carbons (Fsp3) is 0.700. The Balaban J connectivity index is 1.96. The van der Waals surface area contributed by atoms with Gasteiger partial charge in [0.05, 0.1) is 0 Å². The van der Waals surface area contributed by atoms with Crippen molar-refractivity contribution in [1.29, 1.82) is 0 Å². The zero-order valence-electron chi connectivity index (χ0n) is 9.89. The van der Waals surface area contributed by atoms with E-state index < -0.39 is 12.0 Å². The first-order chi connectivity index (χ1) is 8.95. The van der Waals surface area contributed by atoms with Crippen molar-refractivity contribution < 1.29 is 13.2 Å². The first-order valence-corrected chi connectivity index (χ1v) is 6.81. The number of hydrogen-bond acceptors (Lipinski definition) is 5. The Labute approximate surface area is 110 Å². The maximum Gasteiger partial charge on any atom is 0.453 e. The third kappa shape index (κ3) is 2.32. The molecule has 3 rings (SSSR count). The van der Waals surface area contributed by atoms with Crippen LogP contribution in [0.1, 0.15) is 42.4 Å². The molecule has 0 amide bonds. The normalized spacial score (nSPS) is 25.1. The molecule has 0 saturated heterocycles. The molecule has 1 saturated carbocycles. The zero-order chi connectivity index (χ0) is 13.6. The molecular weight excluding hydrogens is 279 g/mol. The van der Waals surface area contributed by atoms with E-state index in [4.69, 9.17) is 5.73 Å². The summed E-state index contributed by atoms with van der Waals surface area (Å²) in [6.07, 6.45) is -0.898. The van der Waals surface area contributed by atoms with Gasteiger partial charge in [0, 0.05) is 12.0 Å². The summed E-state index contributed by atoms with van der Waals surface area (Å²) in [4.78, 5) is 0.182. The van der Waals surface area contributed by atoms with Gasteiger partial charge in [0.25, 0.3) is 5.82 Å². The van der Waals surface area contributed by atoms with Crippen LogP contribution in [0.5, 0.6) is 0 Å². The van der Waals surface area contributed by atoms with E-state index >= 15 is 0 Å². The summed E-state index contributed by atoms with van der Waals surface area (Å²) in [5, 5.41) is 11.4. The van der Waals surface area contributed by atoms with Crippen molar-refractivity contribution in [3.8, 4) is 0 Å². The van der Waals surface area contributed by atoms with E-state index in [1.807, 2.05) is 0 Å². The Kier molecular flexibility index (Phi) is 2.97. The fourth-order valence-electron chi connectivity index (χ4n) is 2.43. The minimum Gasteiger partial charge on any atom is -0.328 e. The Morgan fingerprint density at radius 2 is 2.05 bits per heavy atom. The van der Waals surface area contributed by atoms with E-state index in [2.05, 4.69) is 15.3 Å². The highest BCUT2D eigenvalue weighted by molar-refractivity contribution is 7.16. The predicted octanol–water partition coefficient (Wildman–Crippen LogP) is 2.19. The van der Waals surface area contributed by atoms with E-state index in [9.17, 15) is 13.2 Å². The number of alkyl halides is 3. The number of fused-ring (bicyclic) bond motifs is 1. The van der Waals surface area contributed by atoms with Gasteiger partial charge < -0.3 is 5.73 Å². The maximum absolute atomic E-state index is 12.7. The van der Waals surface area contributed by atoms with Gasteiger partial charge in [-0.2, -0.15) is 22.8 Å². The molecule has 2 atom stereocenters. The van der Waals surface area contributed by atoms with Gasteiger partial charge in [0.2, 0.25) is 4.96 Å². The maximum atomic E-state index is 12.7. The summed E-state index contributed by atoms with van der Waals surface area (Å²) in [5.41, 5.74) is 5.89. The summed E-state index contributed by atoms with van der Waals surface area (Å²) in [7, 11) is 0. The van der Waals surface area contributed by atoms with E-state index in [1.165, 1.54) is 11.3 Å². The van der Waals surface area contributed by atoms with Crippen molar-refractivity contribution in [2.75, 3.05) is 0 Å². The van der Waals surface area contributed by atoms with E-state index in [1.54, 1.807) is 0 Å². The number of hydrogen-bond donors (Lipinski definition) is 1. The van der Waals surface area contributed by atoms with Crippen LogP contribution < -0.4 is 5.73 Å². The lowest BCUT2D eigenvalue weighted by Crippen LogP contribution is -2.26. The number of rotatable bonds is 1. The second-order valence-electron chi connectivity index (χ2n) is 4.78. The molecular formula is C10H12F3N5S. The standard InChI is InChI=1S/C10H12F3N5S/c11-10(12,13)8-15-16-9-18(8)17-7(19-9)5-2-1-3-6(14)4-5/h5-6H,1-4,14H2. The number of nitrogens with zero attached hydrogens (tertiary/aromatic N) is 4. The van der Waals surface area contributed by atoms with Crippen LogP contribution in [0, 0.1) is 0 Å². The first kappa shape index (κ1) is 12.8. The highest BCUT2D eigenvalue weighted by atomic mass is 32.1. The summed E-state index contributed by atoms with van der Waals surface area (Å²) < 4.78 is 38.8. The lowest BCUT2D eigenvalue weighted by molar-refractivity contribution is -0.146. The first-order valence-electron chi connectivity index (χ1n) is 6.00. The summed E-state index contributed by atoms with van der Waals surface area (Å²) in [6.45, 7) is 0. The lowest BCUT2D eigenvalue weighted by Gasteiger charge is -2.24. The van der Waals surface area contributed by atoms with E-state index in [-0.39, 0.29) is 16.9 Å². The summed E-state index contributed by atoms with van der Waals surface area (Å²) in [5.74, 6) is -0.929. The Hall–Kier alpha value is -1.22. The van der Waals surface area contributed by atoms with Crippen molar-refractivity contribution in [1.82, 2.24) is 19.8 Å². The van der Waals surface area contributed by atoms with Crippen LogP contribution in [-0.4, -0.2) is 25.9 Å². The lowest BCUT2D eigenvalue weighted by atomic mass is 9.87. The van der Waals surface area contributed by atoms with Crippen LogP contribution in [0.2, 0.25) is 0 Å². The Morgan fingerprint density at radius 3 is 2.74 bits per heavy atom. The molecule has 1 fully saturated rings. The van der Waals surface area contributed by atoms with Gasteiger partial charge >= 0.3 is 6.18 Å². The molecule has 0 spiro atoms. The Morgan fingerprint density at radius 1 is 1.26 bits per heavy atom. The summed E-state index contributed by atoms with van der Waals surface area (Å²) in [6, 6.07) is 0.107. The molecule has 2 N–H and O–H groups in total. The third-order valence-corrected chi connectivity index (χ3v) is 4.39. The highest BCUT2D eigenvalue weighted by Gasteiger charge is 2.38. The molecule has 19 heavy (non-hydrogen) atoms. The molecule has 0 radical (unpaired) electrons. The molecule has 5 nitrogen and oxygen atoms in total. The summed E-state index contributed by atoms with van der Waals surface area (Å²) >= 11 is 1.17. The molecule has 0 bridgehead atoms. The molecule has 2 unspecified atom stereocenters. The zero-order valence-corrected chi connectivity index (χ0v) is 10.7. The topological polar surface area (TPSA) is 69.1 Å². The van der Waals surface area contributed by atoms with Crippen molar-refractivity contribution >= 4 is 16.3 Å². The fourth-order valence-corrected chi connectivity index (χ4v) is 3.41. The molecule has 1 aliphatic carbocycles. The van der Waals surface area contributed by atoms with Crippen LogP contribution in [-0.2, 0) is 6.18 Å². The van der Waals surface area contributed by atoms with Crippen LogP contribution in [0.3, 0.4) is 0 Å². The molecule has 0 aromatic carbocycles. The number of halogens is 3. The minimum absolute atomic E-state index is 0.107. The quantitative estimate of drug-likeness (QED) is 0.874. The largest absolute Gasteiger partial charge is 0.453 e. The van der Waals surface area contributed by atoms with Gasteiger partial charge in [0.15, 0.2) is 0 Å². The smallest absolute Gasteiger partial charge is 0.328 e. The van der Waals surface area contributed by atoms with E-state index in [0.29, 0.717) is 5.01 Å².